The van der Waals surface area contributed by atoms with Crippen LogP contribution in [-0.2, 0) is 5.60 Å². The molecule has 0 fully saturated rings. The van der Waals surface area contributed by atoms with Gasteiger partial charge in [0.25, 0.3) is 0 Å². The van der Waals surface area contributed by atoms with E-state index in [1.165, 1.54) is 43.3 Å². The van der Waals surface area contributed by atoms with Crippen LogP contribution in [0.3, 0.4) is 0 Å². The van der Waals surface area contributed by atoms with Crippen molar-refractivity contribution < 1.29 is 24.5 Å². The highest BCUT2D eigenvalue weighted by Gasteiger charge is 2.30. The van der Waals surface area contributed by atoms with Gasteiger partial charge in [-0.15, -0.1) is 0 Å². The Hall–Kier alpha value is -2.27. The van der Waals surface area contributed by atoms with Gasteiger partial charge in [-0.2, -0.15) is 0 Å². The smallest absolute Gasteiger partial charge is 0.371 e. The fraction of sp³-hybridized carbons (Fsp3) is 0.154. The number of aliphatic hydroxyl groups is 1. The third-order valence-electron chi connectivity index (χ3n) is 2.73. The number of benzene rings is 1. The number of hydrogen-bond acceptors (Lipinski definition) is 4. The zero-order chi connectivity index (χ0) is 13.3. The SMILES string of the molecule is CC(O)(c1ccc(O)cc1)c1ccc(C(=O)O)o1. The van der Waals surface area contributed by atoms with Crippen LogP contribution in [0.5, 0.6) is 5.75 Å². The van der Waals surface area contributed by atoms with E-state index in [0.717, 1.165) is 0 Å². The molecule has 0 aliphatic heterocycles. The first kappa shape index (κ1) is 12.2. The van der Waals surface area contributed by atoms with Crippen molar-refractivity contribution in [3.63, 3.8) is 0 Å². The lowest BCUT2D eigenvalue weighted by Gasteiger charge is -2.21. The van der Waals surface area contributed by atoms with Gasteiger partial charge in [0.15, 0.2) is 0 Å². The fourth-order valence-corrected chi connectivity index (χ4v) is 1.64. The van der Waals surface area contributed by atoms with E-state index in [4.69, 9.17) is 9.52 Å². The summed E-state index contributed by atoms with van der Waals surface area (Å²) in [5.41, 5.74) is -0.965. The van der Waals surface area contributed by atoms with E-state index < -0.39 is 11.6 Å². The van der Waals surface area contributed by atoms with Crippen LogP contribution < -0.4 is 0 Å². The van der Waals surface area contributed by atoms with Crippen molar-refractivity contribution in [2.24, 2.45) is 0 Å². The summed E-state index contributed by atoms with van der Waals surface area (Å²) in [6.45, 7) is 1.49. The Kier molecular flexibility index (Phi) is 2.84. The van der Waals surface area contributed by atoms with Gasteiger partial charge in [0.1, 0.15) is 17.1 Å². The summed E-state index contributed by atoms with van der Waals surface area (Å²) in [5, 5.41) is 28.3. The molecule has 2 rings (SSSR count). The Morgan fingerprint density at radius 3 is 2.28 bits per heavy atom. The van der Waals surface area contributed by atoms with Crippen molar-refractivity contribution in [1.29, 1.82) is 0 Å². The molecule has 0 radical (unpaired) electrons. The standard InChI is InChI=1S/C13H12O5/c1-13(17,8-2-4-9(14)5-3-8)11-7-6-10(18-11)12(15)16/h2-7,14,17H,1H3,(H,15,16). The van der Waals surface area contributed by atoms with Gasteiger partial charge in [-0.3, -0.25) is 0 Å². The third kappa shape index (κ3) is 2.08. The molecule has 1 aromatic carbocycles. The van der Waals surface area contributed by atoms with Crippen molar-refractivity contribution in [1.82, 2.24) is 0 Å². The van der Waals surface area contributed by atoms with Crippen LogP contribution in [0.25, 0.3) is 0 Å². The number of hydrogen-bond donors (Lipinski definition) is 3. The number of aromatic hydroxyl groups is 1. The van der Waals surface area contributed by atoms with Gasteiger partial charge in [-0.1, -0.05) is 12.1 Å². The lowest BCUT2D eigenvalue weighted by molar-refractivity contribution is 0.0601. The topological polar surface area (TPSA) is 90.9 Å². The van der Waals surface area contributed by atoms with E-state index in [9.17, 15) is 15.0 Å². The predicted octanol–water partition coefficient (Wildman–Crippen LogP) is 1.94. The molecule has 5 nitrogen and oxygen atoms in total. The van der Waals surface area contributed by atoms with Crippen LogP contribution in [0.4, 0.5) is 0 Å². The van der Waals surface area contributed by atoms with Gasteiger partial charge in [0, 0.05) is 0 Å². The predicted molar refractivity (Wildman–Crippen MR) is 62.4 cm³/mol. The Morgan fingerprint density at radius 2 is 1.78 bits per heavy atom. The van der Waals surface area contributed by atoms with Gasteiger partial charge in [0.2, 0.25) is 5.76 Å². The van der Waals surface area contributed by atoms with Crippen molar-refractivity contribution >= 4 is 5.97 Å². The second-order valence-corrected chi connectivity index (χ2v) is 4.09. The number of rotatable bonds is 3. The quantitative estimate of drug-likeness (QED) is 0.772. The summed E-state index contributed by atoms with van der Waals surface area (Å²) in [5.74, 6) is -1.21. The van der Waals surface area contributed by atoms with E-state index in [1.54, 1.807) is 0 Å². The van der Waals surface area contributed by atoms with Gasteiger partial charge in [0.05, 0.1) is 0 Å². The van der Waals surface area contributed by atoms with Crippen LogP contribution in [0.1, 0.15) is 28.8 Å². The molecular formula is C13H12O5. The minimum absolute atomic E-state index is 0.0835. The largest absolute Gasteiger partial charge is 0.508 e. The Labute approximate surface area is 103 Å². The average molecular weight is 248 g/mol. The van der Waals surface area contributed by atoms with Crippen LogP contribution in [0.2, 0.25) is 0 Å². The Bertz CT molecular complexity index is 565. The second-order valence-electron chi connectivity index (χ2n) is 4.09. The van der Waals surface area contributed by atoms with Crippen molar-refractivity contribution in [2.45, 2.75) is 12.5 Å². The molecule has 1 atom stereocenters. The second kappa shape index (κ2) is 4.19. The molecule has 0 saturated heterocycles. The number of furan rings is 1. The molecule has 0 aliphatic rings. The molecule has 0 aliphatic carbocycles. The molecule has 18 heavy (non-hydrogen) atoms. The van der Waals surface area contributed by atoms with Crippen molar-refractivity contribution in [2.75, 3.05) is 0 Å². The van der Waals surface area contributed by atoms with Crippen LogP contribution >= 0.6 is 0 Å². The number of phenols is 1. The number of carboxylic acids is 1. The Balaban J connectivity index is 2.40. The molecule has 0 saturated carbocycles. The molecule has 1 aromatic heterocycles. The summed E-state index contributed by atoms with van der Waals surface area (Å²) >= 11 is 0. The number of phenolic OH excluding ortho intramolecular Hbond substituents is 1. The van der Waals surface area contributed by atoms with E-state index >= 15 is 0 Å². The number of aromatic carboxylic acids is 1. The average Bonchev–Trinajstić information content (AvgIpc) is 2.79. The normalized spacial score (nSPS) is 14.1. The van der Waals surface area contributed by atoms with E-state index in [1.807, 2.05) is 0 Å². The lowest BCUT2D eigenvalue weighted by Crippen LogP contribution is -2.21. The first-order valence-electron chi connectivity index (χ1n) is 5.27. The van der Waals surface area contributed by atoms with E-state index in [2.05, 4.69) is 0 Å². The molecule has 94 valence electrons. The zero-order valence-electron chi connectivity index (χ0n) is 9.62. The summed E-state index contributed by atoms with van der Waals surface area (Å²) in [6, 6.07) is 8.65. The summed E-state index contributed by atoms with van der Waals surface area (Å²) < 4.78 is 5.08. The Morgan fingerprint density at radius 1 is 1.17 bits per heavy atom. The maximum absolute atomic E-state index is 10.7. The molecule has 2 aromatic rings. The molecular weight excluding hydrogens is 236 g/mol. The molecule has 1 unspecified atom stereocenters. The first-order valence-corrected chi connectivity index (χ1v) is 5.27. The summed E-state index contributed by atoms with van der Waals surface area (Å²) in [6.07, 6.45) is 0. The monoisotopic (exact) mass is 248 g/mol. The maximum Gasteiger partial charge on any atom is 0.371 e. The van der Waals surface area contributed by atoms with E-state index in [-0.39, 0.29) is 17.3 Å². The minimum atomic E-state index is -1.46. The van der Waals surface area contributed by atoms with Crippen LogP contribution in [-0.4, -0.2) is 21.3 Å². The third-order valence-corrected chi connectivity index (χ3v) is 2.73. The van der Waals surface area contributed by atoms with Gasteiger partial charge in [-0.05, 0) is 36.8 Å². The molecule has 0 spiro atoms. The lowest BCUT2D eigenvalue weighted by atomic mass is 9.93. The highest BCUT2D eigenvalue weighted by Crippen LogP contribution is 2.31. The summed E-state index contributed by atoms with van der Waals surface area (Å²) in [7, 11) is 0. The number of carboxylic acid groups (broad SMARTS) is 1. The minimum Gasteiger partial charge on any atom is -0.508 e. The molecule has 0 bridgehead atoms. The van der Waals surface area contributed by atoms with Crippen LogP contribution in [0, 0.1) is 0 Å². The highest BCUT2D eigenvalue weighted by molar-refractivity contribution is 5.84. The van der Waals surface area contributed by atoms with Gasteiger partial charge >= 0.3 is 5.97 Å². The zero-order valence-corrected chi connectivity index (χ0v) is 9.62. The molecule has 5 heteroatoms. The molecule has 1 heterocycles. The number of carbonyl (C=O) groups is 1. The summed E-state index contributed by atoms with van der Waals surface area (Å²) in [4.78, 5) is 10.7. The highest BCUT2D eigenvalue weighted by atomic mass is 16.4. The van der Waals surface area contributed by atoms with Gasteiger partial charge < -0.3 is 19.7 Å². The molecule has 3 N–H and O–H groups in total. The molecule has 0 amide bonds. The van der Waals surface area contributed by atoms with Crippen molar-refractivity contribution in [3.8, 4) is 5.75 Å². The first-order chi connectivity index (χ1) is 8.41. The van der Waals surface area contributed by atoms with Crippen LogP contribution in [0.15, 0.2) is 40.8 Å². The fourth-order valence-electron chi connectivity index (χ4n) is 1.64. The maximum atomic E-state index is 10.7. The van der Waals surface area contributed by atoms with Gasteiger partial charge in [-0.25, -0.2) is 4.79 Å². The van der Waals surface area contributed by atoms with E-state index in [0.29, 0.717) is 5.56 Å². The van der Waals surface area contributed by atoms with Crippen molar-refractivity contribution in [3.05, 3.63) is 53.5 Å².